The minimum Gasteiger partial charge on any atom is -0.491 e. The van der Waals surface area contributed by atoms with Gasteiger partial charge in [-0.3, -0.25) is 15.1 Å². The molecule has 1 N–H and O–H groups in total. The number of anilines is 1. The Morgan fingerprint density at radius 3 is 2.30 bits per heavy atom. The predicted molar refractivity (Wildman–Crippen MR) is 145 cm³/mol. The maximum atomic E-state index is 13.1. The summed E-state index contributed by atoms with van der Waals surface area (Å²) < 4.78 is 45.3. The molecular weight excluding hydrogens is 560 g/mol. The molecule has 0 aliphatic heterocycles. The Balaban J connectivity index is 1.50. The second kappa shape index (κ2) is 12.1. The summed E-state index contributed by atoms with van der Waals surface area (Å²) in [7, 11) is -2.19. The number of sulfone groups is 1. The van der Waals surface area contributed by atoms with Crippen LogP contribution in [0.5, 0.6) is 28.1 Å². The second-order valence-electron chi connectivity index (χ2n) is 8.51. The van der Waals surface area contributed by atoms with E-state index in [4.69, 9.17) is 14.2 Å². The molecule has 208 valence electrons. The fourth-order valence-corrected chi connectivity index (χ4v) is 4.48. The maximum Gasteiger partial charge on any atom is 0.339 e. The fraction of sp³-hybridized carbons (Fsp3) is 0.192. The van der Waals surface area contributed by atoms with E-state index in [9.17, 15) is 18.0 Å². The summed E-state index contributed by atoms with van der Waals surface area (Å²) in [6, 6.07) is 8.93. The number of nitrogens with zero attached hydrogens (tertiary/aromatic N) is 3. The van der Waals surface area contributed by atoms with Gasteiger partial charge >= 0.3 is 5.97 Å². The number of rotatable bonds is 10. The average molecular weight is 585 g/mol. The van der Waals surface area contributed by atoms with Crippen molar-refractivity contribution in [3.8, 4) is 28.1 Å². The van der Waals surface area contributed by atoms with Crippen molar-refractivity contribution in [1.82, 2.24) is 15.0 Å². The Labute approximate surface area is 233 Å². The zero-order valence-electron chi connectivity index (χ0n) is 21.8. The number of carbonyl (C=O) groups is 2. The van der Waals surface area contributed by atoms with Crippen LogP contribution in [0.15, 0.2) is 66.2 Å². The van der Waals surface area contributed by atoms with Gasteiger partial charge in [0.1, 0.15) is 23.0 Å². The minimum absolute atomic E-state index is 0.0870. The van der Waals surface area contributed by atoms with Crippen molar-refractivity contribution in [2.45, 2.75) is 25.0 Å². The van der Waals surface area contributed by atoms with Crippen LogP contribution in [0.3, 0.4) is 0 Å². The molecule has 1 amide bonds. The number of pyridine rings is 2. The van der Waals surface area contributed by atoms with Crippen molar-refractivity contribution < 1.29 is 37.0 Å². The van der Waals surface area contributed by atoms with Crippen molar-refractivity contribution in [1.29, 1.82) is 0 Å². The van der Waals surface area contributed by atoms with Gasteiger partial charge in [-0.05, 0) is 44.2 Å². The van der Waals surface area contributed by atoms with Crippen molar-refractivity contribution in [3.05, 3.63) is 72.3 Å². The summed E-state index contributed by atoms with van der Waals surface area (Å²) in [6.45, 7) is 3.68. The van der Waals surface area contributed by atoms with Crippen LogP contribution < -0.4 is 19.5 Å². The molecule has 12 nitrogen and oxygen atoms in total. The smallest absolute Gasteiger partial charge is 0.339 e. The topological polar surface area (TPSA) is 156 Å². The number of methoxy groups -OCH3 is 1. The quantitative estimate of drug-likeness (QED) is 0.257. The van der Waals surface area contributed by atoms with Crippen LogP contribution in [-0.2, 0) is 14.6 Å². The zero-order chi connectivity index (χ0) is 28.9. The number of hydrogen-bond donors (Lipinski definition) is 1. The number of hydrogen-bond acceptors (Lipinski definition) is 12. The SMILES string of the molecule is COC(=O)c1cncc(Oc2cnc(NC(=O)c3cc(Oc4ccc(S(C)(=O)=O)nc4)cc(OC(C)C)c3)s2)c1. The first-order valence-electron chi connectivity index (χ1n) is 11.6. The number of amides is 1. The molecule has 0 aliphatic rings. The van der Waals surface area contributed by atoms with E-state index in [1.54, 1.807) is 12.1 Å². The van der Waals surface area contributed by atoms with E-state index in [-0.39, 0.29) is 38.9 Å². The van der Waals surface area contributed by atoms with E-state index in [2.05, 4.69) is 25.0 Å². The maximum absolute atomic E-state index is 13.1. The van der Waals surface area contributed by atoms with Crippen LogP contribution in [0.1, 0.15) is 34.6 Å². The number of carbonyl (C=O) groups excluding carboxylic acids is 2. The van der Waals surface area contributed by atoms with Gasteiger partial charge in [0.25, 0.3) is 5.91 Å². The van der Waals surface area contributed by atoms with E-state index in [0.717, 1.165) is 17.6 Å². The van der Waals surface area contributed by atoms with Gasteiger partial charge in [-0.1, -0.05) is 11.3 Å². The summed E-state index contributed by atoms with van der Waals surface area (Å²) in [5.74, 6) is 0.193. The van der Waals surface area contributed by atoms with Crippen LogP contribution in [0.4, 0.5) is 5.13 Å². The third-order valence-electron chi connectivity index (χ3n) is 4.90. The van der Waals surface area contributed by atoms with Gasteiger partial charge in [-0.15, -0.1) is 0 Å². The third kappa shape index (κ3) is 7.51. The van der Waals surface area contributed by atoms with Crippen LogP contribution in [-0.4, -0.2) is 54.7 Å². The van der Waals surface area contributed by atoms with Crippen LogP contribution >= 0.6 is 11.3 Å². The first-order valence-corrected chi connectivity index (χ1v) is 14.3. The lowest BCUT2D eigenvalue weighted by Gasteiger charge is -2.14. The van der Waals surface area contributed by atoms with E-state index < -0.39 is 21.7 Å². The van der Waals surface area contributed by atoms with E-state index in [1.165, 1.54) is 56.2 Å². The Hall–Kier alpha value is -4.56. The zero-order valence-corrected chi connectivity index (χ0v) is 23.4. The van der Waals surface area contributed by atoms with Gasteiger partial charge in [0.2, 0.25) is 5.06 Å². The Bertz CT molecular complexity index is 1640. The summed E-state index contributed by atoms with van der Waals surface area (Å²) >= 11 is 1.07. The molecule has 0 radical (unpaired) electrons. The van der Waals surface area contributed by atoms with Gasteiger partial charge < -0.3 is 18.9 Å². The highest BCUT2D eigenvalue weighted by Crippen LogP contribution is 2.32. The largest absolute Gasteiger partial charge is 0.491 e. The third-order valence-corrected chi connectivity index (χ3v) is 6.69. The molecule has 3 aromatic heterocycles. The molecule has 4 aromatic rings. The number of nitrogens with one attached hydrogen (secondary N) is 1. The highest BCUT2D eigenvalue weighted by Gasteiger charge is 2.16. The monoisotopic (exact) mass is 584 g/mol. The van der Waals surface area contributed by atoms with Gasteiger partial charge in [-0.25, -0.2) is 23.2 Å². The molecule has 40 heavy (non-hydrogen) atoms. The van der Waals surface area contributed by atoms with Gasteiger partial charge in [0, 0.05) is 24.1 Å². The van der Waals surface area contributed by atoms with Crippen molar-refractivity contribution in [2.75, 3.05) is 18.7 Å². The lowest BCUT2D eigenvalue weighted by atomic mass is 10.2. The van der Waals surface area contributed by atoms with E-state index >= 15 is 0 Å². The minimum atomic E-state index is -3.46. The molecule has 0 saturated carbocycles. The predicted octanol–water partition coefficient (Wildman–Crippen LogP) is 4.75. The van der Waals surface area contributed by atoms with Crippen molar-refractivity contribution in [3.63, 3.8) is 0 Å². The Morgan fingerprint density at radius 2 is 1.62 bits per heavy atom. The molecule has 3 heterocycles. The summed E-state index contributed by atoms with van der Waals surface area (Å²) in [5.41, 5.74) is 0.447. The number of aromatic nitrogens is 3. The van der Waals surface area contributed by atoms with E-state index in [1.807, 2.05) is 13.8 Å². The molecule has 14 heteroatoms. The van der Waals surface area contributed by atoms with Crippen LogP contribution in [0, 0.1) is 0 Å². The summed E-state index contributed by atoms with van der Waals surface area (Å²) in [4.78, 5) is 36.9. The van der Waals surface area contributed by atoms with Gasteiger partial charge in [0.05, 0.1) is 37.4 Å². The number of ether oxygens (including phenoxy) is 4. The van der Waals surface area contributed by atoms with Gasteiger partial charge in [0.15, 0.2) is 20.0 Å². The van der Waals surface area contributed by atoms with Crippen LogP contribution in [0.25, 0.3) is 0 Å². The highest BCUT2D eigenvalue weighted by molar-refractivity contribution is 7.90. The molecule has 0 atom stereocenters. The first kappa shape index (κ1) is 28.4. The highest BCUT2D eigenvalue weighted by atomic mass is 32.2. The second-order valence-corrected chi connectivity index (χ2v) is 11.5. The van der Waals surface area contributed by atoms with Crippen molar-refractivity contribution >= 4 is 38.2 Å². The molecule has 0 fully saturated rings. The average Bonchev–Trinajstić information content (AvgIpc) is 3.34. The Morgan fingerprint density at radius 1 is 0.875 bits per heavy atom. The van der Waals surface area contributed by atoms with Crippen LogP contribution in [0.2, 0.25) is 0 Å². The molecule has 0 bridgehead atoms. The normalized spacial score (nSPS) is 11.1. The molecule has 4 rings (SSSR count). The standard InChI is InChI=1S/C26H24N4O8S2/c1-15(2)36-19-7-16(8-20(10-19)37-18-5-6-22(28-13-18)40(4,33)34)24(31)30-26-29-14-23(39-26)38-21-9-17(11-27-12-21)25(32)35-3/h5-15H,1-4H3,(H,29,30,31). The Kier molecular flexibility index (Phi) is 8.60. The van der Waals surface area contributed by atoms with Crippen molar-refractivity contribution in [2.24, 2.45) is 0 Å². The molecular formula is C26H24N4O8S2. The number of thiazole rings is 1. The lowest BCUT2D eigenvalue weighted by Crippen LogP contribution is -2.13. The summed E-state index contributed by atoms with van der Waals surface area (Å²) in [5, 5.41) is 3.23. The lowest BCUT2D eigenvalue weighted by molar-refractivity contribution is 0.0599. The number of benzene rings is 1. The first-order chi connectivity index (χ1) is 19.0. The number of esters is 1. The molecule has 1 aromatic carbocycles. The molecule has 0 unspecified atom stereocenters. The summed E-state index contributed by atoms with van der Waals surface area (Å²) in [6.07, 6.45) is 6.37. The molecule has 0 aliphatic carbocycles. The molecule has 0 spiro atoms. The van der Waals surface area contributed by atoms with Gasteiger partial charge in [-0.2, -0.15) is 0 Å². The molecule has 0 saturated heterocycles. The van der Waals surface area contributed by atoms with E-state index in [0.29, 0.717) is 16.6 Å². The fourth-order valence-electron chi connectivity index (χ4n) is 3.24.